The first-order valence-corrected chi connectivity index (χ1v) is 9.40. The van der Waals surface area contributed by atoms with Gasteiger partial charge in [0.25, 0.3) is 0 Å². The zero-order valence-electron chi connectivity index (χ0n) is 15.0. The van der Waals surface area contributed by atoms with Gasteiger partial charge in [-0.05, 0) is 36.1 Å². The summed E-state index contributed by atoms with van der Waals surface area (Å²) in [6.07, 6.45) is 2.47. The van der Waals surface area contributed by atoms with Crippen molar-refractivity contribution in [1.82, 2.24) is 4.90 Å². The maximum absolute atomic E-state index is 12.3. The van der Waals surface area contributed by atoms with Crippen LogP contribution in [0.15, 0.2) is 57.7 Å². The Morgan fingerprint density at radius 3 is 2.81 bits per heavy atom. The smallest absolute Gasteiger partial charge is 0.336 e. The lowest BCUT2D eigenvalue weighted by atomic mass is 9.99. The van der Waals surface area contributed by atoms with E-state index in [1.807, 2.05) is 42.5 Å². The summed E-state index contributed by atoms with van der Waals surface area (Å²) in [5, 5.41) is 0.933. The molecule has 0 aliphatic carbocycles. The zero-order valence-corrected chi connectivity index (χ0v) is 15.0. The van der Waals surface area contributed by atoms with Gasteiger partial charge in [-0.1, -0.05) is 30.3 Å². The van der Waals surface area contributed by atoms with E-state index in [-0.39, 0.29) is 11.7 Å². The van der Waals surface area contributed by atoms with Crippen LogP contribution in [-0.2, 0) is 11.3 Å². The van der Waals surface area contributed by atoms with Crippen LogP contribution in [-0.4, -0.2) is 30.9 Å². The van der Waals surface area contributed by atoms with E-state index in [1.54, 1.807) is 6.07 Å². The third-order valence-electron chi connectivity index (χ3n) is 5.33. The molecule has 5 heteroatoms. The fourth-order valence-electron chi connectivity index (χ4n) is 4.03. The molecule has 2 aromatic carbocycles. The first kappa shape index (κ1) is 16.5. The van der Waals surface area contributed by atoms with Crippen molar-refractivity contribution >= 4 is 11.0 Å². The molecule has 2 aliphatic heterocycles. The molecule has 5 rings (SSSR count). The maximum atomic E-state index is 12.3. The highest BCUT2D eigenvalue weighted by atomic mass is 16.5. The minimum Gasteiger partial charge on any atom is -0.478 e. The number of rotatable bonds is 3. The van der Waals surface area contributed by atoms with Gasteiger partial charge in [-0.3, -0.25) is 4.90 Å². The summed E-state index contributed by atoms with van der Waals surface area (Å²) < 4.78 is 17.4. The third kappa shape index (κ3) is 3.13. The largest absolute Gasteiger partial charge is 0.478 e. The van der Waals surface area contributed by atoms with Gasteiger partial charge < -0.3 is 13.9 Å². The van der Waals surface area contributed by atoms with Crippen molar-refractivity contribution in [2.24, 2.45) is 0 Å². The highest BCUT2D eigenvalue weighted by Crippen LogP contribution is 2.36. The van der Waals surface area contributed by atoms with Crippen LogP contribution in [0.1, 0.15) is 18.4 Å². The van der Waals surface area contributed by atoms with Gasteiger partial charge in [-0.15, -0.1) is 0 Å². The first-order valence-electron chi connectivity index (χ1n) is 9.40. The van der Waals surface area contributed by atoms with Gasteiger partial charge >= 0.3 is 5.63 Å². The number of nitrogens with zero attached hydrogens (tertiary/aromatic N) is 1. The van der Waals surface area contributed by atoms with E-state index in [0.717, 1.165) is 53.8 Å². The SMILES string of the molecule is O=c1cc(-c2ccccc2)c2ccc3c(c2o1)CN(C[C@H]1CCCO1)CO3. The van der Waals surface area contributed by atoms with Crippen molar-refractivity contribution in [2.45, 2.75) is 25.5 Å². The molecule has 138 valence electrons. The van der Waals surface area contributed by atoms with Crippen molar-refractivity contribution < 1.29 is 13.9 Å². The topological polar surface area (TPSA) is 51.9 Å². The molecule has 1 fully saturated rings. The van der Waals surface area contributed by atoms with E-state index in [1.165, 1.54) is 0 Å². The van der Waals surface area contributed by atoms with E-state index in [4.69, 9.17) is 13.9 Å². The lowest BCUT2D eigenvalue weighted by Crippen LogP contribution is -2.37. The van der Waals surface area contributed by atoms with Gasteiger partial charge in [0.05, 0.1) is 11.7 Å². The highest BCUT2D eigenvalue weighted by molar-refractivity contribution is 5.95. The molecule has 0 radical (unpaired) electrons. The van der Waals surface area contributed by atoms with Crippen LogP contribution < -0.4 is 10.4 Å². The van der Waals surface area contributed by atoms with E-state index < -0.39 is 0 Å². The molecule has 2 aliphatic rings. The first-order chi connectivity index (χ1) is 13.3. The number of hydrogen-bond donors (Lipinski definition) is 0. The third-order valence-corrected chi connectivity index (χ3v) is 5.33. The maximum Gasteiger partial charge on any atom is 0.336 e. The molecule has 3 heterocycles. The minimum absolute atomic E-state index is 0.261. The standard InChI is InChI=1S/C22H21NO4/c24-21-11-18(15-5-2-1-3-6-15)17-8-9-20-19(22(17)27-21)13-23(14-26-20)12-16-7-4-10-25-16/h1-3,5-6,8-9,11,16H,4,7,10,12-14H2/t16-/m1/s1. The van der Waals surface area contributed by atoms with Gasteiger partial charge in [-0.25, -0.2) is 4.79 Å². The molecule has 0 unspecified atom stereocenters. The average Bonchev–Trinajstić information content (AvgIpc) is 3.21. The lowest BCUT2D eigenvalue weighted by Gasteiger charge is -2.30. The van der Waals surface area contributed by atoms with Crippen LogP contribution in [0.3, 0.4) is 0 Å². The monoisotopic (exact) mass is 363 g/mol. The fraction of sp³-hybridized carbons (Fsp3) is 0.318. The summed E-state index contributed by atoms with van der Waals surface area (Å²) in [7, 11) is 0. The molecule has 0 bridgehead atoms. The van der Waals surface area contributed by atoms with Crippen LogP contribution in [0.5, 0.6) is 5.75 Å². The molecule has 0 N–H and O–H groups in total. The molecule has 27 heavy (non-hydrogen) atoms. The molecule has 0 amide bonds. The van der Waals surface area contributed by atoms with Gasteiger partial charge in [0.2, 0.25) is 0 Å². The zero-order chi connectivity index (χ0) is 18.2. The Morgan fingerprint density at radius 2 is 2.00 bits per heavy atom. The molecule has 1 aromatic heterocycles. The van der Waals surface area contributed by atoms with E-state index in [9.17, 15) is 4.79 Å². The van der Waals surface area contributed by atoms with Crippen LogP contribution >= 0.6 is 0 Å². The number of benzene rings is 2. The fourth-order valence-corrected chi connectivity index (χ4v) is 4.03. The Hall–Kier alpha value is -2.63. The Morgan fingerprint density at radius 1 is 1.11 bits per heavy atom. The molecule has 1 atom stereocenters. The van der Waals surface area contributed by atoms with Gasteiger partial charge in [0, 0.05) is 31.1 Å². The lowest BCUT2D eigenvalue weighted by molar-refractivity contribution is 0.0281. The summed E-state index contributed by atoms with van der Waals surface area (Å²) in [6, 6.07) is 15.5. The molecular formula is C22H21NO4. The van der Waals surface area contributed by atoms with Crippen molar-refractivity contribution in [3.8, 4) is 16.9 Å². The molecule has 1 saturated heterocycles. The van der Waals surface area contributed by atoms with E-state index >= 15 is 0 Å². The predicted octanol–water partition coefficient (Wildman–Crippen LogP) is 3.79. The Kier molecular flexibility index (Phi) is 4.19. The molecular weight excluding hydrogens is 342 g/mol. The van der Waals surface area contributed by atoms with Crippen molar-refractivity contribution in [2.75, 3.05) is 19.9 Å². The minimum atomic E-state index is -0.342. The Balaban J connectivity index is 1.57. The van der Waals surface area contributed by atoms with Crippen LogP contribution in [0.25, 0.3) is 22.1 Å². The van der Waals surface area contributed by atoms with Crippen molar-refractivity contribution in [3.63, 3.8) is 0 Å². The molecule has 3 aromatic rings. The Bertz CT molecular complexity index is 1020. The second kappa shape index (κ2) is 6.83. The van der Waals surface area contributed by atoms with Crippen LogP contribution in [0, 0.1) is 0 Å². The quantitative estimate of drug-likeness (QED) is 0.663. The van der Waals surface area contributed by atoms with Gasteiger partial charge in [-0.2, -0.15) is 0 Å². The Labute approximate surface area is 157 Å². The van der Waals surface area contributed by atoms with Gasteiger partial charge in [0.15, 0.2) is 0 Å². The van der Waals surface area contributed by atoms with Crippen LogP contribution in [0.4, 0.5) is 0 Å². The normalized spacial score (nSPS) is 19.8. The van der Waals surface area contributed by atoms with Crippen molar-refractivity contribution in [1.29, 1.82) is 0 Å². The van der Waals surface area contributed by atoms with E-state index in [2.05, 4.69) is 4.90 Å². The summed E-state index contributed by atoms with van der Waals surface area (Å²) in [5.74, 6) is 0.791. The second-order valence-electron chi connectivity index (χ2n) is 7.18. The average molecular weight is 363 g/mol. The molecule has 0 spiro atoms. The van der Waals surface area contributed by atoms with E-state index in [0.29, 0.717) is 18.9 Å². The number of ether oxygens (including phenoxy) is 2. The van der Waals surface area contributed by atoms with Crippen LogP contribution in [0.2, 0.25) is 0 Å². The highest BCUT2D eigenvalue weighted by Gasteiger charge is 2.26. The summed E-state index contributed by atoms with van der Waals surface area (Å²) in [4.78, 5) is 14.5. The number of fused-ring (bicyclic) bond motifs is 3. The summed E-state index contributed by atoms with van der Waals surface area (Å²) >= 11 is 0. The van der Waals surface area contributed by atoms with Gasteiger partial charge in [0.1, 0.15) is 18.1 Å². The molecule has 5 nitrogen and oxygen atoms in total. The predicted molar refractivity (Wildman–Crippen MR) is 103 cm³/mol. The second-order valence-corrected chi connectivity index (χ2v) is 7.18. The van der Waals surface area contributed by atoms with Crippen molar-refractivity contribution in [3.05, 3.63) is 64.5 Å². The number of hydrogen-bond acceptors (Lipinski definition) is 5. The summed E-state index contributed by atoms with van der Waals surface area (Å²) in [6.45, 7) is 2.89. The molecule has 0 saturated carbocycles. The summed E-state index contributed by atoms with van der Waals surface area (Å²) in [5.41, 5.74) is 3.11.